The Labute approximate surface area is 144 Å². The van der Waals surface area contributed by atoms with Gasteiger partial charge in [0.05, 0.1) is 10.7 Å². The van der Waals surface area contributed by atoms with Crippen molar-refractivity contribution in [3.8, 4) is 5.75 Å². The predicted molar refractivity (Wildman–Crippen MR) is 92.9 cm³/mol. The summed E-state index contributed by atoms with van der Waals surface area (Å²) in [6.45, 7) is 0.475. The van der Waals surface area contributed by atoms with Gasteiger partial charge in [0.25, 0.3) is 0 Å². The number of ether oxygens (including phenoxy) is 1. The van der Waals surface area contributed by atoms with E-state index >= 15 is 0 Å². The van der Waals surface area contributed by atoms with E-state index in [4.69, 9.17) is 10.5 Å². The Bertz CT molecular complexity index is 688. The number of halogens is 2. The molecular formula is C15H13Br2N3O2. The summed E-state index contributed by atoms with van der Waals surface area (Å²) in [7, 11) is 0. The van der Waals surface area contributed by atoms with Gasteiger partial charge in [0.2, 0.25) is 0 Å². The Morgan fingerprint density at radius 3 is 2.59 bits per heavy atom. The van der Waals surface area contributed by atoms with Crippen LogP contribution in [0.3, 0.4) is 0 Å². The zero-order valence-corrected chi connectivity index (χ0v) is 14.6. The summed E-state index contributed by atoms with van der Waals surface area (Å²) < 4.78 is 7.60. The number of urea groups is 1. The first-order valence-corrected chi connectivity index (χ1v) is 7.88. The van der Waals surface area contributed by atoms with Gasteiger partial charge in [-0.05, 0) is 57.4 Å². The number of nitrogens with one attached hydrogen (secondary N) is 1. The molecule has 7 heteroatoms. The second-order valence-corrected chi connectivity index (χ2v) is 6.11. The van der Waals surface area contributed by atoms with Gasteiger partial charge >= 0.3 is 6.03 Å². The first kappa shape index (κ1) is 16.5. The SMILES string of the molecule is NC(=O)N/N=C\c1ccc(OCc2ccc(Br)cc2)c(Br)c1. The smallest absolute Gasteiger partial charge is 0.332 e. The van der Waals surface area contributed by atoms with Crippen molar-refractivity contribution in [3.63, 3.8) is 0 Å². The third kappa shape index (κ3) is 5.16. The number of carbonyl (C=O) groups is 1. The Hall–Kier alpha value is -1.86. The molecule has 5 nitrogen and oxygen atoms in total. The first-order chi connectivity index (χ1) is 10.5. The Kier molecular flexibility index (Phi) is 5.97. The van der Waals surface area contributed by atoms with Crippen molar-refractivity contribution in [2.24, 2.45) is 10.8 Å². The monoisotopic (exact) mass is 425 g/mol. The highest BCUT2D eigenvalue weighted by Gasteiger charge is 2.03. The lowest BCUT2D eigenvalue weighted by atomic mass is 10.2. The number of amides is 2. The summed E-state index contributed by atoms with van der Waals surface area (Å²) in [5.41, 5.74) is 8.93. The molecule has 0 aliphatic rings. The molecule has 0 unspecified atom stereocenters. The molecule has 0 saturated carbocycles. The van der Waals surface area contributed by atoms with E-state index in [0.29, 0.717) is 6.61 Å². The second-order valence-electron chi connectivity index (χ2n) is 4.34. The van der Waals surface area contributed by atoms with Crippen LogP contribution < -0.4 is 15.9 Å². The molecule has 2 rings (SSSR count). The average molecular weight is 427 g/mol. The number of primary amides is 1. The van der Waals surface area contributed by atoms with Crippen molar-refractivity contribution < 1.29 is 9.53 Å². The van der Waals surface area contributed by atoms with Crippen LogP contribution in [0.2, 0.25) is 0 Å². The number of rotatable bonds is 5. The number of hydrogen-bond donors (Lipinski definition) is 2. The second kappa shape index (κ2) is 7.95. The molecule has 0 radical (unpaired) electrons. The molecule has 0 aliphatic heterocycles. The van der Waals surface area contributed by atoms with Crippen LogP contribution in [-0.2, 0) is 6.61 Å². The summed E-state index contributed by atoms with van der Waals surface area (Å²) in [5, 5.41) is 3.70. The van der Waals surface area contributed by atoms with Crippen LogP contribution in [-0.4, -0.2) is 12.2 Å². The standard InChI is InChI=1S/C15H13Br2N3O2/c16-12-4-1-10(2-5-12)9-22-14-6-3-11(7-13(14)17)8-19-20-15(18)21/h1-8H,9H2,(H3,18,20,21)/b19-8-. The van der Waals surface area contributed by atoms with Crippen LogP contribution in [0, 0.1) is 0 Å². The fourth-order valence-corrected chi connectivity index (χ4v) is 2.40. The fraction of sp³-hybridized carbons (Fsp3) is 0.0667. The number of nitrogens with zero attached hydrogens (tertiary/aromatic N) is 1. The number of hydrazone groups is 1. The molecular weight excluding hydrogens is 414 g/mol. The van der Waals surface area contributed by atoms with Crippen molar-refractivity contribution in [2.75, 3.05) is 0 Å². The molecule has 2 aromatic rings. The summed E-state index contributed by atoms with van der Waals surface area (Å²) in [5.74, 6) is 0.725. The molecule has 0 aliphatic carbocycles. The maximum Gasteiger partial charge on any atom is 0.332 e. The highest BCUT2D eigenvalue weighted by atomic mass is 79.9. The Morgan fingerprint density at radius 1 is 1.23 bits per heavy atom. The number of nitrogens with two attached hydrogens (primary N) is 1. The maximum absolute atomic E-state index is 10.5. The van der Waals surface area contributed by atoms with E-state index in [1.54, 1.807) is 0 Å². The van der Waals surface area contributed by atoms with Gasteiger partial charge in [0.15, 0.2) is 0 Å². The molecule has 2 amide bonds. The molecule has 0 bridgehead atoms. The molecule has 22 heavy (non-hydrogen) atoms. The molecule has 3 N–H and O–H groups in total. The van der Waals surface area contributed by atoms with Crippen LogP contribution >= 0.6 is 31.9 Å². The number of carbonyl (C=O) groups excluding carboxylic acids is 1. The molecule has 0 atom stereocenters. The summed E-state index contributed by atoms with van der Waals surface area (Å²) in [4.78, 5) is 10.5. The van der Waals surface area contributed by atoms with Crippen molar-refractivity contribution in [2.45, 2.75) is 6.61 Å². The summed E-state index contributed by atoms with van der Waals surface area (Å²) in [6, 6.07) is 12.7. The van der Waals surface area contributed by atoms with Gasteiger partial charge in [-0.25, -0.2) is 10.2 Å². The summed E-state index contributed by atoms with van der Waals surface area (Å²) >= 11 is 6.84. The zero-order valence-electron chi connectivity index (χ0n) is 11.4. The van der Waals surface area contributed by atoms with E-state index in [1.807, 2.05) is 42.5 Å². The van der Waals surface area contributed by atoms with Crippen LogP contribution in [0.1, 0.15) is 11.1 Å². The van der Waals surface area contributed by atoms with Crippen LogP contribution in [0.25, 0.3) is 0 Å². The maximum atomic E-state index is 10.5. The fourth-order valence-electron chi connectivity index (χ4n) is 1.63. The molecule has 0 aromatic heterocycles. The lowest BCUT2D eigenvalue weighted by Crippen LogP contribution is -2.24. The lowest BCUT2D eigenvalue weighted by Gasteiger charge is -2.09. The van der Waals surface area contributed by atoms with E-state index in [2.05, 4.69) is 42.4 Å². The van der Waals surface area contributed by atoms with Gasteiger partial charge in [-0.3, -0.25) is 0 Å². The van der Waals surface area contributed by atoms with Gasteiger partial charge in [-0.1, -0.05) is 28.1 Å². The normalized spacial score (nSPS) is 10.6. The highest BCUT2D eigenvalue weighted by molar-refractivity contribution is 9.10. The van der Waals surface area contributed by atoms with Crippen molar-refractivity contribution in [1.82, 2.24) is 5.43 Å². The molecule has 114 valence electrons. The van der Waals surface area contributed by atoms with Crippen molar-refractivity contribution in [1.29, 1.82) is 0 Å². The average Bonchev–Trinajstić information content (AvgIpc) is 2.48. The van der Waals surface area contributed by atoms with E-state index in [9.17, 15) is 4.79 Å². The minimum Gasteiger partial charge on any atom is -0.488 e. The van der Waals surface area contributed by atoms with Crippen molar-refractivity contribution in [3.05, 3.63) is 62.5 Å². The molecule has 0 saturated heterocycles. The quantitative estimate of drug-likeness (QED) is 0.563. The largest absolute Gasteiger partial charge is 0.488 e. The van der Waals surface area contributed by atoms with E-state index in [0.717, 1.165) is 25.8 Å². The van der Waals surface area contributed by atoms with Crippen LogP contribution in [0.15, 0.2) is 56.5 Å². The predicted octanol–water partition coefficient (Wildman–Crippen LogP) is 3.79. The first-order valence-electron chi connectivity index (χ1n) is 6.30. The highest BCUT2D eigenvalue weighted by Crippen LogP contribution is 2.26. The molecule has 0 spiro atoms. The zero-order chi connectivity index (χ0) is 15.9. The van der Waals surface area contributed by atoms with Gasteiger partial charge in [-0.2, -0.15) is 5.10 Å². The van der Waals surface area contributed by atoms with Gasteiger partial charge in [0.1, 0.15) is 12.4 Å². The minimum atomic E-state index is -0.704. The Morgan fingerprint density at radius 2 is 1.95 bits per heavy atom. The van der Waals surface area contributed by atoms with E-state index in [-0.39, 0.29) is 0 Å². The van der Waals surface area contributed by atoms with Gasteiger partial charge in [-0.15, -0.1) is 0 Å². The Balaban J connectivity index is 1.98. The summed E-state index contributed by atoms with van der Waals surface area (Å²) in [6.07, 6.45) is 1.49. The molecule has 0 fully saturated rings. The third-order valence-electron chi connectivity index (χ3n) is 2.65. The third-order valence-corrected chi connectivity index (χ3v) is 3.80. The topological polar surface area (TPSA) is 76.7 Å². The van der Waals surface area contributed by atoms with Crippen LogP contribution in [0.5, 0.6) is 5.75 Å². The van der Waals surface area contributed by atoms with Crippen molar-refractivity contribution >= 4 is 44.1 Å². The van der Waals surface area contributed by atoms with Gasteiger partial charge in [0, 0.05) is 4.47 Å². The molecule has 0 heterocycles. The molecule has 2 aromatic carbocycles. The van der Waals surface area contributed by atoms with E-state index in [1.165, 1.54) is 6.21 Å². The number of benzene rings is 2. The van der Waals surface area contributed by atoms with Crippen LogP contribution in [0.4, 0.5) is 4.79 Å². The lowest BCUT2D eigenvalue weighted by molar-refractivity contribution is 0.249. The number of hydrogen-bond acceptors (Lipinski definition) is 3. The minimum absolute atomic E-state index is 0.475. The van der Waals surface area contributed by atoms with Gasteiger partial charge < -0.3 is 10.5 Å². The van der Waals surface area contributed by atoms with E-state index < -0.39 is 6.03 Å².